The highest BCUT2D eigenvalue weighted by Gasteiger charge is 2.12. The Kier molecular flexibility index (Phi) is 7.73. The Morgan fingerprint density at radius 1 is 1.12 bits per heavy atom. The fourth-order valence-electron chi connectivity index (χ4n) is 2.88. The van der Waals surface area contributed by atoms with Crippen LogP contribution in [0.25, 0.3) is 0 Å². The number of nitrogens with one attached hydrogen (secondary N) is 1. The number of carbonyl (C=O) groups excluding carboxylic acids is 1. The van der Waals surface area contributed by atoms with Crippen LogP contribution in [0.4, 0.5) is 0 Å². The molecule has 0 radical (unpaired) electrons. The molecule has 0 fully saturated rings. The van der Waals surface area contributed by atoms with Crippen molar-refractivity contribution >= 4 is 5.91 Å². The lowest BCUT2D eigenvalue weighted by molar-refractivity contribution is 0.0920. The molecule has 1 aromatic carbocycles. The maximum Gasteiger partial charge on any atom is 0.286 e. The molecule has 0 spiro atoms. The van der Waals surface area contributed by atoms with E-state index in [1.165, 1.54) is 0 Å². The summed E-state index contributed by atoms with van der Waals surface area (Å²) >= 11 is 0. The van der Waals surface area contributed by atoms with Crippen molar-refractivity contribution in [3.05, 3.63) is 53.0 Å². The fraction of sp³-hybridized carbons (Fsp3) is 0.476. The standard InChI is InChI=1S/C21H30N2O3/c1-5-23(6-2)14-8-13-22-21(24)19-12-11-18(26-19)15-25-20-16(3)9-7-10-17(20)4/h7,9-12H,5-6,8,13-15H2,1-4H3,(H,22,24). The number of carbonyl (C=O) groups is 1. The summed E-state index contributed by atoms with van der Waals surface area (Å²) in [5.74, 6) is 1.66. The maximum atomic E-state index is 12.2. The quantitative estimate of drug-likeness (QED) is 0.654. The third-order valence-corrected chi connectivity index (χ3v) is 4.48. The van der Waals surface area contributed by atoms with Crippen LogP contribution in [0.2, 0.25) is 0 Å². The molecular formula is C21H30N2O3. The molecule has 5 nitrogen and oxygen atoms in total. The molecule has 0 aliphatic heterocycles. The van der Waals surface area contributed by atoms with Crippen LogP contribution in [0.15, 0.2) is 34.7 Å². The Morgan fingerprint density at radius 3 is 2.46 bits per heavy atom. The van der Waals surface area contributed by atoms with Gasteiger partial charge >= 0.3 is 0 Å². The first kappa shape index (κ1) is 20.0. The second kappa shape index (κ2) is 10.0. The van der Waals surface area contributed by atoms with Gasteiger partial charge in [-0.3, -0.25) is 4.79 Å². The molecule has 26 heavy (non-hydrogen) atoms. The highest BCUT2D eigenvalue weighted by Crippen LogP contribution is 2.23. The van der Waals surface area contributed by atoms with E-state index < -0.39 is 0 Å². The number of furan rings is 1. The summed E-state index contributed by atoms with van der Waals surface area (Å²) in [5.41, 5.74) is 2.17. The van der Waals surface area contributed by atoms with Crippen LogP contribution in [0.1, 0.15) is 47.7 Å². The van der Waals surface area contributed by atoms with Gasteiger partial charge < -0.3 is 19.4 Å². The van der Waals surface area contributed by atoms with E-state index in [0.29, 0.717) is 24.7 Å². The molecule has 0 unspecified atom stereocenters. The molecule has 2 rings (SSSR count). The normalized spacial score (nSPS) is 11.0. The Bertz CT molecular complexity index is 685. The zero-order valence-electron chi connectivity index (χ0n) is 16.3. The molecule has 0 saturated carbocycles. The van der Waals surface area contributed by atoms with Gasteiger partial charge in [0.05, 0.1) is 0 Å². The molecule has 0 bridgehead atoms. The van der Waals surface area contributed by atoms with Gasteiger partial charge in [0.15, 0.2) is 5.76 Å². The van der Waals surface area contributed by atoms with E-state index >= 15 is 0 Å². The van der Waals surface area contributed by atoms with Crippen LogP contribution < -0.4 is 10.1 Å². The van der Waals surface area contributed by atoms with Crippen LogP contribution in [-0.4, -0.2) is 37.0 Å². The Labute approximate surface area is 156 Å². The summed E-state index contributed by atoms with van der Waals surface area (Å²) in [7, 11) is 0. The van der Waals surface area contributed by atoms with Crippen molar-refractivity contribution in [2.75, 3.05) is 26.2 Å². The Morgan fingerprint density at radius 2 is 1.81 bits per heavy atom. The largest absolute Gasteiger partial charge is 0.485 e. The van der Waals surface area contributed by atoms with E-state index in [1.54, 1.807) is 12.1 Å². The number of para-hydroxylation sites is 1. The zero-order valence-corrected chi connectivity index (χ0v) is 16.3. The molecule has 0 atom stereocenters. The molecule has 142 valence electrons. The van der Waals surface area contributed by atoms with E-state index in [9.17, 15) is 4.79 Å². The highest BCUT2D eigenvalue weighted by molar-refractivity contribution is 5.91. The number of hydrogen-bond donors (Lipinski definition) is 1. The molecule has 1 amide bonds. The number of rotatable bonds is 10. The molecular weight excluding hydrogens is 328 g/mol. The predicted molar refractivity (Wildman–Crippen MR) is 104 cm³/mol. The van der Waals surface area contributed by atoms with Crippen molar-refractivity contribution < 1.29 is 13.9 Å². The van der Waals surface area contributed by atoms with Gasteiger partial charge in [-0.25, -0.2) is 0 Å². The molecule has 1 heterocycles. The van der Waals surface area contributed by atoms with Crippen LogP contribution >= 0.6 is 0 Å². The number of hydrogen-bond acceptors (Lipinski definition) is 4. The minimum atomic E-state index is -0.178. The lowest BCUT2D eigenvalue weighted by Crippen LogP contribution is -2.29. The van der Waals surface area contributed by atoms with Gasteiger partial charge in [0.1, 0.15) is 18.1 Å². The van der Waals surface area contributed by atoms with Gasteiger partial charge in [-0.1, -0.05) is 32.0 Å². The summed E-state index contributed by atoms with van der Waals surface area (Å²) in [4.78, 5) is 14.5. The number of amides is 1. The molecule has 0 aliphatic carbocycles. The lowest BCUT2D eigenvalue weighted by atomic mass is 10.1. The molecule has 5 heteroatoms. The van der Waals surface area contributed by atoms with E-state index in [0.717, 1.165) is 42.9 Å². The first-order chi connectivity index (χ1) is 12.5. The fourth-order valence-corrected chi connectivity index (χ4v) is 2.88. The first-order valence-electron chi connectivity index (χ1n) is 9.33. The van der Waals surface area contributed by atoms with E-state index in [4.69, 9.17) is 9.15 Å². The second-order valence-electron chi connectivity index (χ2n) is 6.41. The minimum Gasteiger partial charge on any atom is -0.485 e. The number of aryl methyl sites for hydroxylation is 2. The average molecular weight is 358 g/mol. The van der Waals surface area contributed by atoms with Crippen molar-refractivity contribution in [3.63, 3.8) is 0 Å². The molecule has 1 aromatic heterocycles. The third-order valence-electron chi connectivity index (χ3n) is 4.48. The van der Waals surface area contributed by atoms with Gasteiger partial charge in [-0.2, -0.15) is 0 Å². The van der Waals surface area contributed by atoms with Crippen LogP contribution in [0.3, 0.4) is 0 Å². The van der Waals surface area contributed by atoms with Crippen LogP contribution in [0.5, 0.6) is 5.75 Å². The van der Waals surface area contributed by atoms with Crippen LogP contribution in [0, 0.1) is 13.8 Å². The van der Waals surface area contributed by atoms with E-state index in [1.807, 2.05) is 32.0 Å². The van der Waals surface area contributed by atoms with Crippen LogP contribution in [-0.2, 0) is 6.61 Å². The zero-order chi connectivity index (χ0) is 18.9. The van der Waals surface area contributed by atoms with Crippen molar-refractivity contribution in [2.45, 2.75) is 40.7 Å². The lowest BCUT2D eigenvalue weighted by Gasteiger charge is -2.17. The maximum absolute atomic E-state index is 12.2. The predicted octanol–water partition coefficient (Wildman–Crippen LogP) is 3.94. The monoisotopic (exact) mass is 358 g/mol. The van der Waals surface area contributed by atoms with Gasteiger partial charge in [0.2, 0.25) is 0 Å². The molecule has 0 saturated heterocycles. The summed E-state index contributed by atoms with van der Waals surface area (Å²) in [6.45, 7) is 12.3. The molecule has 2 aromatic rings. The SMILES string of the molecule is CCN(CC)CCCNC(=O)c1ccc(COc2c(C)cccc2C)o1. The number of benzene rings is 1. The van der Waals surface area contributed by atoms with E-state index in [2.05, 4.69) is 24.1 Å². The summed E-state index contributed by atoms with van der Waals surface area (Å²) in [5, 5.41) is 2.91. The van der Waals surface area contributed by atoms with Gasteiger partial charge in [0, 0.05) is 6.54 Å². The number of nitrogens with zero attached hydrogens (tertiary/aromatic N) is 1. The summed E-state index contributed by atoms with van der Waals surface area (Å²) < 4.78 is 11.5. The molecule has 0 aliphatic rings. The molecule has 1 N–H and O–H groups in total. The van der Waals surface area contributed by atoms with Crippen molar-refractivity contribution in [2.24, 2.45) is 0 Å². The second-order valence-corrected chi connectivity index (χ2v) is 6.41. The number of ether oxygens (including phenoxy) is 1. The summed E-state index contributed by atoms with van der Waals surface area (Å²) in [6.07, 6.45) is 0.927. The minimum absolute atomic E-state index is 0.178. The van der Waals surface area contributed by atoms with Crippen molar-refractivity contribution in [1.29, 1.82) is 0 Å². The van der Waals surface area contributed by atoms with Gasteiger partial charge in [-0.15, -0.1) is 0 Å². The highest BCUT2D eigenvalue weighted by atomic mass is 16.5. The van der Waals surface area contributed by atoms with Gasteiger partial charge in [-0.05, 0) is 63.2 Å². The Balaban J connectivity index is 1.80. The van der Waals surface area contributed by atoms with Crippen molar-refractivity contribution in [3.8, 4) is 5.75 Å². The Hall–Kier alpha value is -2.27. The third kappa shape index (κ3) is 5.63. The average Bonchev–Trinajstić information content (AvgIpc) is 3.10. The summed E-state index contributed by atoms with van der Waals surface area (Å²) in [6, 6.07) is 9.53. The smallest absolute Gasteiger partial charge is 0.286 e. The van der Waals surface area contributed by atoms with Crippen molar-refractivity contribution in [1.82, 2.24) is 10.2 Å². The van der Waals surface area contributed by atoms with E-state index in [-0.39, 0.29) is 5.91 Å². The van der Waals surface area contributed by atoms with Gasteiger partial charge in [0.25, 0.3) is 5.91 Å². The first-order valence-corrected chi connectivity index (χ1v) is 9.33. The topological polar surface area (TPSA) is 54.7 Å².